The van der Waals surface area contributed by atoms with Crippen LogP contribution < -0.4 is 29.1 Å². The zero-order valence-electron chi connectivity index (χ0n) is 24.6. The van der Waals surface area contributed by atoms with E-state index in [-0.39, 0.29) is 18.2 Å². The zero-order chi connectivity index (χ0) is 31.1. The average Bonchev–Trinajstić information content (AvgIpc) is 3.37. The van der Waals surface area contributed by atoms with Crippen molar-refractivity contribution in [3.05, 3.63) is 148 Å². The van der Waals surface area contributed by atoms with E-state index in [1.807, 2.05) is 65.2 Å². The number of aromatic nitrogens is 1. The van der Waals surface area contributed by atoms with Crippen LogP contribution >= 0.6 is 34.5 Å². The number of nitrogens with zero attached hydrogens (tertiary/aromatic N) is 2. The molecule has 4 aromatic carbocycles. The maximum atomic E-state index is 14.1. The molecule has 1 aliphatic carbocycles. The van der Waals surface area contributed by atoms with Crippen LogP contribution in [0.15, 0.2) is 100 Å². The Balaban J connectivity index is 1.29. The van der Waals surface area contributed by atoms with E-state index in [0.717, 1.165) is 52.1 Å². The van der Waals surface area contributed by atoms with Crippen LogP contribution in [-0.2, 0) is 13.0 Å². The lowest BCUT2D eigenvalue weighted by molar-refractivity contribution is 0.284. The molecule has 2 aliphatic rings. The minimum atomic E-state index is -0.261. The predicted molar refractivity (Wildman–Crippen MR) is 180 cm³/mol. The van der Waals surface area contributed by atoms with E-state index >= 15 is 0 Å². The van der Waals surface area contributed by atoms with Crippen molar-refractivity contribution in [2.45, 2.75) is 25.5 Å². The van der Waals surface area contributed by atoms with Crippen molar-refractivity contribution in [2.75, 3.05) is 14.2 Å². The summed E-state index contributed by atoms with van der Waals surface area (Å²) >= 11 is 13.7. The molecule has 0 amide bonds. The number of ether oxygens (including phenoxy) is 3. The van der Waals surface area contributed by atoms with Gasteiger partial charge in [0.2, 0.25) is 0 Å². The van der Waals surface area contributed by atoms with Gasteiger partial charge in [0, 0.05) is 21.2 Å². The molecule has 0 fully saturated rings. The average molecular weight is 656 g/mol. The Morgan fingerprint density at radius 1 is 0.933 bits per heavy atom. The van der Waals surface area contributed by atoms with Crippen LogP contribution in [-0.4, -0.2) is 18.8 Å². The molecular weight excluding hydrogens is 627 g/mol. The van der Waals surface area contributed by atoms with Crippen molar-refractivity contribution in [2.24, 2.45) is 4.99 Å². The molecule has 0 unspecified atom stereocenters. The SMILES string of the molecule is COc1ccc([C@H]2C3=C(N=c4s/c(=C\c5ccc(OCc6ccc(Cl)cc6Cl)c(OC)c5)c(=O)n42)c2ccccc2CC3)cc1. The number of rotatable bonds is 7. The van der Waals surface area contributed by atoms with Gasteiger partial charge in [-0.25, -0.2) is 4.99 Å². The maximum absolute atomic E-state index is 14.1. The molecule has 1 aromatic heterocycles. The standard InChI is InChI=1S/C36H28Cl2N2O4S/c1-42-26-13-9-23(10-14-26)34-28-15-11-22-5-3-4-6-27(22)33(28)39-36-40(34)35(41)32(45-36)18-21-7-16-30(31(17-21)43-2)44-20-24-8-12-25(37)19-29(24)38/h3-10,12-14,16-19,34H,11,15,20H2,1-2H3/b32-18-/t34-/m0/s1. The van der Waals surface area contributed by atoms with Gasteiger partial charge in [0.25, 0.3) is 5.56 Å². The molecule has 0 saturated heterocycles. The van der Waals surface area contributed by atoms with E-state index in [9.17, 15) is 4.79 Å². The molecule has 226 valence electrons. The zero-order valence-corrected chi connectivity index (χ0v) is 26.9. The van der Waals surface area contributed by atoms with Gasteiger partial charge in [-0.05, 0) is 77.6 Å². The minimum Gasteiger partial charge on any atom is -0.497 e. The van der Waals surface area contributed by atoms with E-state index in [1.165, 1.54) is 16.9 Å². The third kappa shape index (κ3) is 5.56. The molecule has 9 heteroatoms. The first-order valence-electron chi connectivity index (χ1n) is 14.5. The highest BCUT2D eigenvalue weighted by molar-refractivity contribution is 7.07. The largest absolute Gasteiger partial charge is 0.497 e. The highest BCUT2D eigenvalue weighted by Crippen LogP contribution is 2.41. The first kappa shape index (κ1) is 29.4. The lowest BCUT2D eigenvalue weighted by atomic mass is 9.83. The Kier molecular flexibility index (Phi) is 8.00. The topological polar surface area (TPSA) is 62.0 Å². The van der Waals surface area contributed by atoms with Crippen LogP contribution in [0.25, 0.3) is 11.8 Å². The Morgan fingerprint density at radius 2 is 1.76 bits per heavy atom. The first-order chi connectivity index (χ1) is 21.9. The van der Waals surface area contributed by atoms with Crippen molar-refractivity contribution in [1.82, 2.24) is 4.57 Å². The number of allylic oxidation sites excluding steroid dienone is 1. The third-order valence-corrected chi connectivity index (χ3v) is 9.76. The van der Waals surface area contributed by atoms with E-state index < -0.39 is 0 Å². The summed E-state index contributed by atoms with van der Waals surface area (Å²) in [6, 6.07) is 27.0. The van der Waals surface area contributed by atoms with Gasteiger partial charge in [-0.2, -0.15) is 0 Å². The maximum Gasteiger partial charge on any atom is 0.271 e. The van der Waals surface area contributed by atoms with Crippen LogP contribution in [0.4, 0.5) is 0 Å². The van der Waals surface area contributed by atoms with Gasteiger partial charge in [-0.3, -0.25) is 9.36 Å². The monoisotopic (exact) mass is 654 g/mol. The number of aryl methyl sites for hydroxylation is 1. The minimum absolute atomic E-state index is 0.0818. The molecule has 0 spiro atoms. The third-order valence-electron chi connectivity index (χ3n) is 8.19. The van der Waals surface area contributed by atoms with Gasteiger partial charge in [-0.15, -0.1) is 0 Å². The van der Waals surface area contributed by atoms with Crippen molar-refractivity contribution in [3.8, 4) is 17.2 Å². The summed E-state index contributed by atoms with van der Waals surface area (Å²) in [7, 11) is 3.24. The highest BCUT2D eigenvalue weighted by Gasteiger charge is 2.32. The quantitative estimate of drug-likeness (QED) is 0.186. The normalized spacial score (nSPS) is 15.6. The number of fused-ring (bicyclic) bond motifs is 3. The van der Waals surface area contributed by atoms with Gasteiger partial charge >= 0.3 is 0 Å². The molecule has 1 aliphatic heterocycles. The fourth-order valence-corrected chi connectivity index (χ4v) is 7.41. The number of halogens is 2. The van der Waals surface area contributed by atoms with E-state index in [0.29, 0.717) is 30.9 Å². The summed E-state index contributed by atoms with van der Waals surface area (Å²) in [5, 5.41) is 1.10. The highest BCUT2D eigenvalue weighted by atomic mass is 35.5. The second-order valence-electron chi connectivity index (χ2n) is 10.8. The molecular formula is C36H28Cl2N2O4S. The molecule has 6 nitrogen and oxygen atoms in total. The van der Waals surface area contributed by atoms with Crippen LogP contribution in [0.3, 0.4) is 0 Å². The van der Waals surface area contributed by atoms with Crippen LogP contribution in [0.5, 0.6) is 17.2 Å². The number of methoxy groups -OCH3 is 2. The molecule has 1 atom stereocenters. The smallest absolute Gasteiger partial charge is 0.271 e. The Morgan fingerprint density at radius 3 is 2.53 bits per heavy atom. The lowest BCUT2D eigenvalue weighted by Crippen LogP contribution is -2.38. The van der Waals surface area contributed by atoms with E-state index in [4.69, 9.17) is 42.4 Å². The van der Waals surface area contributed by atoms with Crippen molar-refractivity contribution in [1.29, 1.82) is 0 Å². The fraction of sp³-hybridized carbons (Fsp3) is 0.167. The summed E-state index contributed by atoms with van der Waals surface area (Å²) in [5.41, 5.74) is 7.09. The van der Waals surface area contributed by atoms with Crippen LogP contribution in [0.2, 0.25) is 10.0 Å². The summed E-state index contributed by atoms with van der Waals surface area (Å²) in [6.07, 6.45) is 3.62. The Hall–Kier alpha value is -4.30. The second kappa shape index (κ2) is 12.2. The second-order valence-corrected chi connectivity index (χ2v) is 12.7. The Bertz CT molecular complexity index is 2150. The fourth-order valence-electron chi connectivity index (χ4n) is 5.95. The summed E-state index contributed by atoms with van der Waals surface area (Å²) in [5.74, 6) is 1.88. The van der Waals surface area contributed by atoms with E-state index in [2.05, 4.69) is 18.2 Å². The van der Waals surface area contributed by atoms with Crippen molar-refractivity contribution >= 4 is 46.3 Å². The first-order valence-corrected chi connectivity index (χ1v) is 16.0. The molecule has 2 heterocycles. The number of hydrogen-bond acceptors (Lipinski definition) is 6. The van der Waals surface area contributed by atoms with E-state index in [1.54, 1.807) is 26.4 Å². The predicted octanol–water partition coefficient (Wildman–Crippen LogP) is 7.22. The summed E-state index contributed by atoms with van der Waals surface area (Å²) in [4.78, 5) is 19.9. The number of benzene rings is 4. The van der Waals surface area contributed by atoms with Gasteiger partial charge in [0.05, 0.1) is 30.5 Å². The van der Waals surface area contributed by atoms with Crippen molar-refractivity contribution < 1.29 is 14.2 Å². The van der Waals surface area contributed by atoms with Crippen LogP contribution in [0, 0.1) is 0 Å². The number of thiazole rings is 1. The van der Waals surface area contributed by atoms with Crippen LogP contribution in [0.1, 0.15) is 40.3 Å². The van der Waals surface area contributed by atoms with Gasteiger partial charge in [0.1, 0.15) is 12.4 Å². The number of hydrogen-bond donors (Lipinski definition) is 0. The summed E-state index contributed by atoms with van der Waals surface area (Å²) in [6.45, 7) is 0.253. The molecule has 45 heavy (non-hydrogen) atoms. The van der Waals surface area contributed by atoms with Gasteiger partial charge < -0.3 is 14.2 Å². The lowest BCUT2D eigenvalue weighted by Gasteiger charge is -2.30. The molecule has 0 saturated carbocycles. The Labute approximate surface area is 274 Å². The molecule has 5 aromatic rings. The molecule has 0 N–H and O–H groups in total. The molecule has 7 rings (SSSR count). The van der Waals surface area contributed by atoms with Crippen molar-refractivity contribution in [3.63, 3.8) is 0 Å². The molecule has 0 bridgehead atoms. The molecule has 0 radical (unpaired) electrons. The van der Waals surface area contributed by atoms with Gasteiger partial charge in [-0.1, -0.05) is 83.1 Å². The van der Waals surface area contributed by atoms with Gasteiger partial charge in [0.15, 0.2) is 16.3 Å². The summed E-state index contributed by atoms with van der Waals surface area (Å²) < 4.78 is 19.5.